The summed E-state index contributed by atoms with van der Waals surface area (Å²) in [6, 6.07) is 6.14. The first kappa shape index (κ1) is 9.25. The van der Waals surface area contributed by atoms with Gasteiger partial charge in [0.25, 0.3) is 0 Å². The summed E-state index contributed by atoms with van der Waals surface area (Å²) >= 11 is 2.99. The van der Waals surface area contributed by atoms with Gasteiger partial charge in [0.05, 0.1) is 0 Å². The van der Waals surface area contributed by atoms with Crippen molar-refractivity contribution in [3.8, 4) is 5.75 Å². The Balaban J connectivity index is 2.65. The summed E-state index contributed by atoms with van der Waals surface area (Å²) in [5.41, 5.74) is 0.775. The fourth-order valence-corrected chi connectivity index (χ4v) is 0.964. The Morgan fingerprint density at radius 1 is 1.25 bits per heavy atom. The number of hydrogen-bond donors (Lipinski definition) is 1. The van der Waals surface area contributed by atoms with E-state index in [4.69, 9.17) is 0 Å². The lowest BCUT2D eigenvalue weighted by Gasteiger charge is -2.04. The van der Waals surface area contributed by atoms with Crippen molar-refractivity contribution in [2.75, 3.05) is 4.34 Å². The van der Waals surface area contributed by atoms with Crippen molar-refractivity contribution in [3.63, 3.8) is 0 Å². The number of halogens is 3. The molecule has 0 saturated heterocycles. The van der Waals surface area contributed by atoms with Crippen LogP contribution >= 0.6 is 16.1 Å². The maximum absolute atomic E-state index is 11.7. The molecule has 2 nitrogen and oxygen atoms in total. The molecular weight excluding hydrogens is 232 g/mol. The number of benzene rings is 1. The summed E-state index contributed by atoms with van der Waals surface area (Å²) in [5.74, 6) is 0.150. The van der Waals surface area contributed by atoms with Crippen LogP contribution in [0.3, 0.4) is 0 Å². The lowest BCUT2D eigenvalue weighted by atomic mass is 10.3. The number of anilines is 1. The monoisotopic (exact) mass is 237 g/mol. The van der Waals surface area contributed by atoms with Crippen LogP contribution < -0.4 is 9.08 Å². The van der Waals surface area contributed by atoms with Gasteiger partial charge in [-0.1, -0.05) is 0 Å². The summed E-state index contributed by atoms with van der Waals surface area (Å²) in [4.78, 5) is 0. The van der Waals surface area contributed by atoms with Gasteiger partial charge in [-0.3, -0.25) is 0 Å². The van der Waals surface area contributed by atoms with E-state index in [1.165, 1.54) is 12.1 Å². The van der Waals surface area contributed by atoms with Gasteiger partial charge in [-0.2, -0.15) is 8.78 Å². The van der Waals surface area contributed by atoms with E-state index in [2.05, 4.69) is 25.2 Å². The van der Waals surface area contributed by atoms with E-state index < -0.39 is 6.61 Å². The van der Waals surface area contributed by atoms with Crippen molar-refractivity contribution in [3.05, 3.63) is 24.3 Å². The first-order valence-electron chi connectivity index (χ1n) is 3.14. The summed E-state index contributed by atoms with van der Waals surface area (Å²) in [6.45, 7) is -2.77. The van der Waals surface area contributed by atoms with E-state index in [1.807, 2.05) is 0 Å². The maximum Gasteiger partial charge on any atom is 0.387 e. The highest BCUT2D eigenvalue weighted by Crippen LogP contribution is 2.17. The molecule has 0 radical (unpaired) electrons. The number of hydrogen-bond acceptors (Lipinski definition) is 2. The molecule has 0 amide bonds. The van der Waals surface area contributed by atoms with E-state index in [-0.39, 0.29) is 5.75 Å². The van der Waals surface area contributed by atoms with Gasteiger partial charge in [0.2, 0.25) is 0 Å². The number of rotatable bonds is 3. The van der Waals surface area contributed by atoms with Crippen molar-refractivity contribution >= 4 is 21.8 Å². The zero-order valence-electron chi connectivity index (χ0n) is 5.93. The smallest absolute Gasteiger partial charge is 0.387 e. The van der Waals surface area contributed by atoms with Crippen molar-refractivity contribution < 1.29 is 13.5 Å². The second-order valence-electron chi connectivity index (χ2n) is 2.00. The molecule has 0 heterocycles. The third-order valence-corrected chi connectivity index (χ3v) is 1.65. The topological polar surface area (TPSA) is 21.3 Å². The summed E-state index contributed by atoms with van der Waals surface area (Å²) < 4.78 is 30.1. The Bertz CT molecular complexity index is 240. The Labute approximate surface area is 76.9 Å². The van der Waals surface area contributed by atoms with Crippen molar-refractivity contribution in [1.82, 2.24) is 0 Å². The average Bonchev–Trinajstić information content (AvgIpc) is 2.05. The van der Waals surface area contributed by atoms with Crippen LogP contribution in [-0.4, -0.2) is 6.61 Å². The summed E-state index contributed by atoms with van der Waals surface area (Å²) in [5, 5.41) is 0. The van der Waals surface area contributed by atoms with Crippen LogP contribution in [-0.2, 0) is 0 Å². The molecule has 0 aliphatic heterocycles. The zero-order valence-corrected chi connectivity index (χ0v) is 7.51. The molecule has 5 heteroatoms. The van der Waals surface area contributed by atoms with Crippen LogP contribution in [0.1, 0.15) is 0 Å². The second kappa shape index (κ2) is 4.25. The summed E-state index contributed by atoms with van der Waals surface area (Å²) in [6.07, 6.45) is 0. The van der Waals surface area contributed by atoms with Crippen LogP contribution in [0.4, 0.5) is 14.5 Å². The van der Waals surface area contributed by atoms with Crippen LogP contribution in [0.25, 0.3) is 0 Å². The Morgan fingerprint density at radius 2 is 1.83 bits per heavy atom. The molecule has 1 N–H and O–H groups in total. The molecule has 0 saturated carbocycles. The quantitative estimate of drug-likeness (QED) is 0.817. The molecule has 0 bridgehead atoms. The predicted octanol–water partition coefficient (Wildman–Crippen LogP) is 3.01. The zero-order chi connectivity index (χ0) is 8.97. The number of alkyl halides is 2. The minimum absolute atomic E-state index is 0.150. The van der Waals surface area contributed by atoms with Crippen molar-refractivity contribution in [1.29, 1.82) is 0 Å². The molecule has 0 aliphatic rings. The number of nitrogens with one attached hydrogen (secondary N) is 1. The normalized spacial score (nSPS) is 10.0. The molecule has 0 fully saturated rings. The van der Waals surface area contributed by atoms with Gasteiger partial charge >= 0.3 is 6.61 Å². The van der Waals surface area contributed by atoms with E-state index in [0.717, 1.165) is 5.69 Å². The SMILES string of the molecule is FC(F)Oc1ccc(NBr)cc1. The first-order chi connectivity index (χ1) is 5.72. The maximum atomic E-state index is 11.7. The molecule has 0 aliphatic carbocycles. The van der Waals surface area contributed by atoms with Crippen LogP contribution in [0.15, 0.2) is 24.3 Å². The minimum Gasteiger partial charge on any atom is -0.435 e. The molecule has 1 aromatic carbocycles. The van der Waals surface area contributed by atoms with E-state index in [0.29, 0.717) is 0 Å². The third kappa shape index (κ3) is 2.65. The molecule has 0 unspecified atom stereocenters. The highest BCUT2D eigenvalue weighted by atomic mass is 79.9. The molecule has 0 aromatic heterocycles. The molecular formula is C7H6BrF2NO. The first-order valence-corrected chi connectivity index (χ1v) is 3.93. The molecule has 1 rings (SSSR count). The van der Waals surface area contributed by atoms with E-state index >= 15 is 0 Å². The summed E-state index contributed by atoms with van der Waals surface area (Å²) in [7, 11) is 0. The highest BCUT2D eigenvalue weighted by Gasteiger charge is 2.02. The standard InChI is InChI=1S/C7H6BrF2NO/c8-11-5-1-3-6(4-2-5)12-7(9)10/h1-4,7,11H. The van der Waals surface area contributed by atoms with Gasteiger partial charge < -0.3 is 9.08 Å². The molecule has 0 atom stereocenters. The van der Waals surface area contributed by atoms with E-state index in [9.17, 15) is 8.78 Å². The highest BCUT2D eigenvalue weighted by molar-refractivity contribution is 9.10. The van der Waals surface area contributed by atoms with Crippen LogP contribution in [0, 0.1) is 0 Å². The Morgan fingerprint density at radius 3 is 2.25 bits per heavy atom. The van der Waals surface area contributed by atoms with Gasteiger partial charge in [-0.05, 0) is 24.3 Å². The van der Waals surface area contributed by atoms with Crippen LogP contribution in [0.2, 0.25) is 0 Å². The fraction of sp³-hybridized carbons (Fsp3) is 0.143. The van der Waals surface area contributed by atoms with Gasteiger partial charge in [-0.15, -0.1) is 0 Å². The molecule has 0 spiro atoms. The molecule has 66 valence electrons. The largest absolute Gasteiger partial charge is 0.435 e. The van der Waals surface area contributed by atoms with Crippen molar-refractivity contribution in [2.45, 2.75) is 6.61 Å². The van der Waals surface area contributed by atoms with E-state index in [1.54, 1.807) is 12.1 Å². The van der Waals surface area contributed by atoms with Gasteiger partial charge in [-0.25, -0.2) is 0 Å². The molecule has 12 heavy (non-hydrogen) atoms. The Hall–Kier alpha value is -0.840. The lowest BCUT2D eigenvalue weighted by Crippen LogP contribution is -2.01. The van der Waals surface area contributed by atoms with Gasteiger partial charge in [0, 0.05) is 21.8 Å². The average molecular weight is 238 g/mol. The number of ether oxygens (including phenoxy) is 1. The fourth-order valence-electron chi connectivity index (χ4n) is 0.699. The third-order valence-electron chi connectivity index (χ3n) is 1.19. The minimum atomic E-state index is -2.77. The molecule has 1 aromatic rings. The predicted molar refractivity (Wildman–Crippen MR) is 45.6 cm³/mol. The second-order valence-corrected chi connectivity index (χ2v) is 2.39. The van der Waals surface area contributed by atoms with Gasteiger partial charge in [0.1, 0.15) is 5.75 Å². The van der Waals surface area contributed by atoms with Crippen molar-refractivity contribution in [2.24, 2.45) is 0 Å². The lowest BCUT2D eigenvalue weighted by molar-refractivity contribution is -0.0498. The Kier molecular flexibility index (Phi) is 3.28. The van der Waals surface area contributed by atoms with Gasteiger partial charge in [0.15, 0.2) is 0 Å². The van der Waals surface area contributed by atoms with Crippen LogP contribution in [0.5, 0.6) is 5.75 Å².